The van der Waals surface area contributed by atoms with E-state index in [2.05, 4.69) is 14.9 Å². The first-order valence-electron chi connectivity index (χ1n) is 4.80. The fraction of sp³-hybridized carbons (Fsp3) is 0.750. The number of rotatable bonds is 6. The molecule has 1 N–H and O–H groups in total. The maximum Gasteiger partial charge on any atom is 0.217 e. The standard InChI is InChI=1S/C8H15N3O3S/c1-3-6-15(12,13)9-5-4-8-11-10-7(2)14-8/h9H,3-6H2,1-2H3. The summed E-state index contributed by atoms with van der Waals surface area (Å²) in [6, 6.07) is 0. The van der Waals surface area contributed by atoms with Crippen molar-refractivity contribution in [2.45, 2.75) is 26.7 Å². The fourth-order valence-corrected chi connectivity index (χ4v) is 2.19. The molecule has 0 amide bonds. The molecule has 0 spiro atoms. The number of aryl methyl sites for hydroxylation is 1. The van der Waals surface area contributed by atoms with E-state index in [1.165, 1.54) is 0 Å². The van der Waals surface area contributed by atoms with Crippen LogP contribution in [0.1, 0.15) is 25.1 Å². The lowest BCUT2D eigenvalue weighted by atomic mass is 10.4. The summed E-state index contributed by atoms with van der Waals surface area (Å²) in [6.45, 7) is 3.81. The van der Waals surface area contributed by atoms with E-state index in [1.54, 1.807) is 6.92 Å². The van der Waals surface area contributed by atoms with Crippen LogP contribution in [0.5, 0.6) is 0 Å². The van der Waals surface area contributed by atoms with Crippen LogP contribution < -0.4 is 4.72 Å². The maximum atomic E-state index is 11.2. The normalized spacial score (nSPS) is 11.9. The van der Waals surface area contributed by atoms with E-state index in [0.29, 0.717) is 31.2 Å². The average molecular weight is 233 g/mol. The molecule has 0 saturated heterocycles. The summed E-state index contributed by atoms with van der Waals surface area (Å²) in [4.78, 5) is 0. The molecule has 0 aliphatic rings. The summed E-state index contributed by atoms with van der Waals surface area (Å²) in [6.07, 6.45) is 1.03. The number of nitrogens with one attached hydrogen (secondary N) is 1. The third-order valence-corrected chi connectivity index (χ3v) is 3.29. The lowest BCUT2D eigenvalue weighted by Gasteiger charge is -2.02. The van der Waals surface area contributed by atoms with Crippen molar-refractivity contribution in [2.75, 3.05) is 12.3 Å². The summed E-state index contributed by atoms with van der Waals surface area (Å²) in [5.74, 6) is 1.09. The van der Waals surface area contributed by atoms with Gasteiger partial charge in [-0.3, -0.25) is 0 Å². The van der Waals surface area contributed by atoms with Crippen LogP contribution in [0.4, 0.5) is 0 Å². The van der Waals surface area contributed by atoms with Gasteiger partial charge in [-0.15, -0.1) is 10.2 Å². The van der Waals surface area contributed by atoms with Gasteiger partial charge in [0, 0.05) is 19.9 Å². The minimum absolute atomic E-state index is 0.149. The smallest absolute Gasteiger partial charge is 0.217 e. The van der Waals surface area contributed by atoms with Crippen molar-refractivity contribution in [1.29, 1.82) is 0 Å². The summed E-state index contributed by atoms with van der Waals surface area (Å²) in [5, 5.41) is 7.40. The highest BCUT2D eigenvalue weighted by Gasteiger charge is 2.08. The minimum atomic E-state index is -3.13. The molecular formula is C8H15N3O3S. The number of sulfonamides is 1. The molecule has 1 aromatic rings. The fourth-order valence-electron chi connectivity index (χ4n) is 1.09. The van der Waals surface area contributed by atoms with Crippen molar-refractivity contribution in [3.05, 3.63) is 11.8 Å². The van der Waals surface area contributed by atoms with Crippen LogP contribution >= 0.6 is 0 Å². The van der Waals surface area contributed by atoms with Gasteiger partial charge in [-0.1, -0.05) is 6.92 Å². The number of aromatic nitrogens is 2. The molecular weight excluding hydrogens is 218 g/mol. The Labute approximate surface area is 89.1 Å². The first kappa shape index (κ1) is 12.1. The molecule has 0 aromatic carbocycles. The van der Waals surface area contributed by atoms with Crippen LogP contribution in [-0.4, -0.2) is 30.9 Å². The third kappa shape index (κ3) is 4.39. The Morgan fingerprint density at radius 1 is 1.40 bits per heavy atom. The van der Waals surface area contributed by atoms with E-state index in [-0.39, 0.29) is 5.75 Å². The summed E-state index contributed by atoms with van der Waals surface area (Å²) in [7, 11) is -3.13. The molecule has 86 valence electrons. The van der Waals surface area contributed by atoms with Crippen LogP contribution in [0.25, 0.3) is 0 Å². The number of nitrogens with zero attached hydrogens (tertiary/aromatic N) is 2. The molecule has 15 heavy (non-hydrogen) atoms. The predicted octanol–water partition coefficient (Wildman–Crippen LogP) is 0.250. The predicted molar refractivity (Wildman–Crippen MR) is 54.8 cm³/mol. The molecule has 0 saturated carbocycles. The molecule has 0 radical (unpaired) electrons. The topological polar surface area (TPSA) is 85.1 Å². The average Bonchev–Trinajstić information content (AvgIpc) is 2.51. The molecule has 6 nitrogen and oxygen atoms in total. The van der Waals surface area contributed by atoms with E-state index >= 15 is 0 Å². The second-order valence-electron chi connectivity index (χ2n) is 3.18. The van der Waals surface area contributed by atoms with Crippen LogP contribution in [0.15, 0.2) is 4.42 Å². The molecule has 1 rings (SSSR count). The Hall–Kier alpha value is -0.950. The van der Waals surface area contributed by atoms with Crippen molar-refractivity contribution in [1.82, 2.24) is 14.9 Å². The number of hydrogen-bond acceptors (Lipinski definition) is 5. The first-order valence-corrected chi connectivity index (χ1v) is 6.45. The molecule has 1 aromatic heterocycles. The highest BCUT2D eigenvalue weighted by molar-refractivity contribution is 7.89. The molecule has 0 fully saturated rings. The highest BCUT2D eigenvalue weighted by Crippen LogP contribution is 1.98. The summed E-state index contributed by atoms with van der Waals surface area (Å²) in [5.41, 5.74) is 0. The zero-order chi connectivity index (χ0) is 11.3. The van der Waals surface area contributed by atoms with Crippen LogP contribution in [0.2, 0.25) is 0 Å². The SMILES string of the molecule is CCCS(=O)(=O)NCCc1nnc(C)o1. The molecule has 0 unspecified atom stereocenters. The Morgan fingerprint density at radius 3 is 2.67 bits per heavy atom. The molecule has 0 atom stereocenters. The van der Waals surface area contributed by atoms with Crippen molar-refractivity contribution in [3.8, 4) is 0 Å². The second-order valence-corrected chi connectivity index (χ2v) is 5.10. The van der Waals surface area contributed by atoms with Crippen molar-refractivity contribution in [3.63, 3.8) is 0 Å². The van der Waals surface area contributed by atoms with Crippen LogP contribution in [0.3, 0.4) is 0 Å². The lowest BCUT2D eigenvalue weighted by molar-refractivity contribution is 0.466. The Balaban J connectivity index is 2.33. The van der Waals surface area contributed by atoms with Crippen LogP contribution in [0, 0.1) is 6.92 Å². The largest absolute Gasteiger partial charge is 0.426 e. The molecule has 1 heterocycles. The van der Waals surface area contributed by atoms with Gasteiger partial charge in [0.05, 0.1) is 5.75 Å². The van der Waals surface area contributed by atoms with E-state index in [9.17, 15) is 8.42 Å². The van der Waals surface area contributed by atoms with Gasteiger partial charge in [0.25, 0.3) is 0 Å². The van der Waals surface area contributed by atoms with Crippen molar-refractivity contribution < 1.29 is 12.8 Å². The van der Waals surface area contributed by atoms with Gasteiger partial charge in [0.2, 0.25) is 21.8 Å². The summed E-state index contributed by atoms with van der Waals surface area (Å²) >= 11 is 0. The Kier molecular flexibility index (Phi) is 4.22. The second kappa shape index (κ2) is 5.22. The van der Waals surface area contributed by atoms with E-state index < -0.39 is 10.0 Å². The highest BCUT2D eigenvalue weighted by atomic mass is 32.2. The van der Waals surface area contributed by atoms with Gasteiger partial charge in [0.1, 0.15) is 0 Å². The van der Waals surface area contributed by atoms with Gasteiger partial charge >= 0.3 is 0 Å². The monoisotopic (exact) mass is 233 g/mol. The molecule has 0 bridgehead atoms. The van der Waals surface area contributed by atoms with Gasteiger partial charge in [-0.25, -0.2) is 13.1 Å². The van der Waals surface area contributed by atoms with Crippen molar-refractivity contribution >= 4 is 10.0 Å². The van der Waals surface area contributed by atoms with E-state index in [0.717, 1.165) is 0 Å². The third-order valence-electron chi connectivity index (χ3n) is 1.70. The quantitative estimate of drug-likeness (QED) is 0.761. The van der Waals surface area contributed by atoms with E-state index in [1.807, 2.05) is 6.92 Å². The van der Waals surface area contributed by atoms with Gasteiger partial charge in [-0.2, -0.15) is 0 Å². The minimum Gasteiger partial charge on any atom is -0.426 e. The Morgan fingerprint density at radius 2 is 2.13 bits per heavy atom. The van der Waals surface area contributed by atoms with Crippen molar-refractivity contribution in [2.24, 2.45) is 0 Å². The first-order chi connectivity index (χ1) is 7.03. The van der Waals surface area contributed by atoms with E-state index in [4.69, 9.17) is 4.42 Å². The lowest BCUT2D eigenvalue weighted by Crippen LogP contribution is -2.28. The maximum absolute atomic E-state index is 11.2. The molecule has 0 aliphatic heterocycles. The van der Waals surface area contributed by atoms with Gasteiger partial charge < -0.3 is 4.42 Å². The Bertz CT molecular complexity index is 399. The van der Waals surface area contributed by atoms with Gasteiger partial charge in [-0.05, 0) is 6.42 Å². The van der Waals surface area contributed by atoms with Gasteiger partial charge in [0.15, 0.2) is 0 Å². The molecule has 7 heteroatoms. The number of hydrogen-bond donors (Lipinski definition) is 1. The zero-order valence-corrected chi connectivity index (χ0v) is 9.67. The van der Waals surface area contributed by atoms with Crippen LogP contribution in [-0.2, 0) is 16.4 Å². The molecule has 0 aliphatic carbocycles. The zero-order valence-electron chi connectivity index (χ0n) is 8.86. The summed E-state index contributed by atoms with van der Waals surface area (Å²) < 4.78 is 30.1.